The van der Waals surface area contributed by atoms with Crippen LogP contribution < -0.4 is 14.8 Å². The molecule has 1 aromatic carbocycles. The second kappa shape index (κ2) is 9.29. The van der Waals surface area contributed by atoms with Gasteiger partial charge in [0.2, 0.25) is 0 Å². The molecule has 2 rings (SSSR count). The average Bonchev–Trinajstić information content (AvgIpc) is 3.06. The molecule has 7 nitrogen and oxygen atoms in total. The second-order valence-electron chi connectivity index (χ2n) is 5.45. The van der Waals surface area contributed by atoms with E-state index in [1.807, 2.05) is 18.2 Å². The summed E-state index contributed by atoms with van der Waals surface area (Å²) in [5.41, 5.74) is 2.27. The largest absolute Gasteiger partial charge is 0.493 e. The molecule has 0 aliphatic carbocycles. The smallest absolute Gasteiger partial charge is 0.336 e. The molecule has 0 radical (unpaired) electrons. The number of rotatable bonds is 9. The molecule has 0 amide bonds. The maximum absolute atomic E-state index is 11.9. The number of benzene rings is 1. The van der Waals surface area contributed by atoms with Crippen LogP contribution in [0, 0.1) is 0 Å². The zero-order chi connectivity index (χ0) is 18.2. The van der Waals surface area contributed by atoms with Crippen molar-refractivity contribution in [3.8, 4) is 11.5 Å². The highest BCUT2D eigenvalue weighted by Gasteiger charge is 2.27. The number of carbonyl (C=O) groups is 1. The SMILES string of the molecule is COc1ccc(CCN/C(=C2/CCOC2=O)C(OC)OC)cc1OC. The van der Waals surface area contributed by atoms with Crippen LogP contribution >= 0.6 is 0 Å². The number of ether oxygens (including phenoxy) is 5. The van der Waals surface area contributed by atoms with E-state index in [0.717, 1.165) is 12.0 Å². The highest BCUT2D eigenvalue weighted by molar-refractivity contribution is 5.91. The van der Waals surface area contributed by atoms with Crippen molar-refractivity contribution in [1.29, 1.82) is 0 Å². The van der Waals surface area contributed by atoms with Crippen molar-refractivity contribution in [3.05, 3.63) is 35.0 Å². The Morgan fingerprint density at radius 1 is 1.16 bits per heavy atom. The van der Waals surface area contributed by atoms with Crippen LogP contribution in [-0.4, -0.2) is 53.9 Å². The first-order valence-electron chi connectivity index (χ1n) is 8.05. The minimum absolute atomic E-state index is 0.326. The van der Waals surface area contributed by atoms with E-state index < -0.39 is 6.29 Å². The van der Waals surface area contributed by atoms with E-state index >= 15 is 0 Å². The van der Waals surface area contributed by atoms with Gasteiger partial charge in [-0.25, -0.2) is 4.79 Å². The molecule has 0 unspecified atom stereocenters. The van der Waals surface area contributed by atoms with Crippen molar-refractivity contribution < 1.29 is 28.5 Å². The van der Waals surface area contributed by atoms with Gasteiger partial charge >= 0.3 is 5.97 Å². The fraction of sp³-hybridized carbons (Fsp3) is 0.500. The molecule has 1 aliphatic rings. The third-order valence-corrected chi connectivity index (χ3v) is 4.00. The molecule has 0 spiro atoms. The molecule has 1 aliphatic heterocycles. The number of esters is 1. The summed E-state index contributed by atoms with van der Waals surface area (Å²) < 4.78 is 26.2. The molecule has 1 saturated heterocycles. The van der Waals surface area contributed by atoms with E-state index in [0.29, 0.717) is 42.3 Å². The van der Waals surface area contributed by atoms with Gasteiger partial charge in [0.25, 0.3) is 0 Å². The molecule has 0 atom stereocenters. The third-order valence-electron chi connectivity index (χ3n) is 4.00. The lowest BCUT2D eigenvalue weighted by Crippen LogP contribution is -2.31. The number of hydrogen-bond donors (Lipinski definition) is 1. The van der Waals surface area contributed by atoms with Gasteiger partial charge in [0, 0.05) is 27.2 Å². The van der Waals surface area contributed by atoms with Crippen LogP contribution in [0.25, 0.3) is 0 Å². The maximum Gasteiger partial charge on any atom is 0.336 e. The van der Waals surface area contributed by atoms with E-state index in [1.165, 1.54) is 14.2 Å². The summed E-state index contributed by atoms with van der Waals surface area (Å²) in [5.74, 6) is 1.05. The lowest BCUT2D eigenvalue weighted by Gasteiger charge is -2.20. The standard InChI is InChI=1S/C18H25NO6/c1-21-14-6-5-12(11-15(14)22-2)7-9-19-16(18(23-3)24-4)13-8-10-25-17(13)20/h5-6,11,18-19H,7-10H2,1-4H3/b16-13-. The number of hydrogen-bond acceptors (Lipinski definition) is 7. The summed E-state index contributed by atoms with van der Waals surface area (Å²) in [4.78, 5) is 11.9. The third kappa shape index (κ3) is 4.64. The monoisotopic (exact) mass is 351 g/mol. The van der Waals surface area contributed by atoms with Gasteiger partial charge in [-0.15, -0.1) is 0 Å². The summed E-state index contributed by atoms with van der Waals surface area (Å²) in [6, 6.07) is 5.78. The number of cyclic esters (lactones) is 1. The Bertz CT molecular complexity index is 624. The normalized spacial score (nSPS) is 16.0. The first kappa shape index (κ1) is 19.1. The molecule has 1 N–H and O–H groups in total. The van der Waals surface area contributed by atoms with Gasteiger partial charge in [-0.2, -0.15) is 0 Å². The fourth-order valence-corrected chi connectivity index (χ4v) is 2.72. The number of carbonyl (C=O) groups excluding carboxylic acids is 1. The van der Waals surface area contributed by atoms with Gasteiger partial charge in [0.1, 0.15) is 0 Å². The van der Waals surface area contributed by atoms with Crippen LogP contribution in [0.3, 0.4) is 0 Å². The summed E-state index contributed by atoms with van der Waals surface area (Å²) in [6.07, 6.45) is 0.638. The molecule has 1 aromatic rings. The quantitative estimate of drug-likeness (QED) is 0.412. The Morgan fingerprint density at radius 3 is 2.44 bits per heavy atom. The summed E-state index contributed by atoms with van der Waals surface area (Å²) >= 11 is 0. The molecular weight excluding hydrogens is 326 g/mol. The van der Waals surface area contributed by atoms with E-state index in [2.05, 4.69) is 5.32 Å². The Hall–Kier alpha value is -2.25. The van der Waals surface area contributed by atoms with Crippen molar-refractivity contribution in [2.24, 2.45) is 0 Å². The van der Waals surface area contributed by atoms with Crippen molar-refractivity contribution in [2.75, 3.05) is 41.6 Å². The average molecular weight is 351 g/mol. The zero-order valence-electron chi connectivity index (χ0n) is 15.1. The predicted octanol–water partition coefficient (Wildman–Crippen LogP) is 1.66. The van der Waals surface area contributed by atoms with Crippen LogP contribution in [0.1, 0.15) is 12.0 Å². The van der Waals surface area contributed by atoms with Gasteiger partial charge in [-0.1, -0.05) is 6.07 Å². The summed E-state index contributed by atoms with van der Waals surface area (Å²) in [6.45, 7) is 0.986. The van der Waals surface area contributed by atoms with Crippen LogP contribution in [0.15, 0.2) is 29.5 Å². The van der Waals surface area contributed by atoms with E-state index in [-0.39, 0.29) is 5.97 Å². The van der Waals surface area contributed by atoms with Gasteiger partial charge in [0.15, 0.2) is 17.8 Å². The minimum atomic E-state index is -0.633. The molecule has 7 heteroatoms. The lowest BCUT2D eigenvalue weighted by molar-refractivity contribution is -0.135. The van der Waals surface area contributed by atoms with Crippen LogP contribution in [-0.2, 0) is 25.4 Å². The van der Waals surface area contributed by atoms with Gasteiger partial charge in [0.05, 0.1) is 32.1 Å². The fourth-order valence-electron chi connectivity index (χ4n) is 2.72. The zero-order valence-corrected chi connectivity index (χ0v) is 15.1. The molecular formula is C18H25NO6. The topological polar surface area (TPSA) is 75.3 Å². The van der Waals surface area contributed by atoms with Crippen molar-refractivity contribution in [3.63, 3.8) is 0 Å². The van der Waals surface area contributed by atoms with Gasteiger partial charge in [-0.3, -0.25) is 0 Å². The molecule has 0 aromatic heterocycles. The van der Waals surface area contributed by atoms with E-state index in [9.17, 15) is 4.79 Å². The van der Waals surface area contributed by atoms with Crippen LogP contribution in [0.4, 0.5) is 0 Å². The van der Waals surface area contributed by atoms with Gasteiger partial charge in [-0.05, 0) is 24.1 Å². The van der Waals surface area contributed by atoms with Crippen LogP contribution in [0.5, 0.6) is 11.5 Å². The summed E-state index contributed by atoms with van der Waals surface area (Å²) in [5, 5.41) is 3.27. The Balaban J connectivity index is 2.08. The minimum Gasteiger partial charge on any atom is -0.493 e. The first-order chi connectivity index (χ1) is 12.1. The van der Waals surface area contributed by atoms with Crippen LogP contribution in [0.2, 0.25) is 0 Å². The van der Waals surface area contributed by atoms with Gasteiger partial charge < -0.3 is 29.0 Å². The number of nitrogens with one attached hydrogen (secondary N) is 1. The molecule has 1 fully saturated rings. The summed E-state index contributed by atoms with van der Waals surface area (Å²) in [7, 11) is 6.28. The van der Waals surface area contributed by atoms with Crippen molar-refractivity contribution in [1.82, 2.24) is 5.32 Å². The number of methoxy groups -OCH3 is 4. The highest BCUT2D eigenvalue weighted by Crippen LogP contribution is 2.27. The van der Waals surface area contributed by atoms with Crippen molar-refractivity contribution in [2.45, 2.75) is 19.1 Å². The molecule has 0 bridgehead atoms. The maximum atomic E-state index is 11.9. The molecule has 138 valence electrons. The molecule has 0 saturated carbocycles. The lowest BCUT2D eigenvalue weighted by atomic mass is 10.1. The Labute approximate surface area is 147 Å². The Morgan fingerprint density at radius 2 is 1.88 bits per heavy atom. The van der Waals surface area contributed by atoms with E-state index in [4.69, 9.17) is 23.7 Å². The van der Waals surface area contributed by atoms with Crippen molar-refractivity contribution >= 4 is 5.97 Å². The molecule has 1 heterocycles. The Kier molecular flexibility index (Phi) is 7.09. The molecule has 25 heavy (non-hydrogen) atoms. The van der Waals surface area contributed by atoms with E-state index in [1.54, 1.807) is 14.2 Å². The second-order valence-corrected chi connectivity index (χ2v) is 5.45. The predicted molar refractivity (Wildman–Crippen MR) is 91.7 cm³/mol. The highest BCUT2D eigenvalue weighted by atomic mass is 16.7. The first-order valence-corrected chi connectivity index (χ1v) is 8.05.